The van der Waals surface area contributed by atoms with Crippen molar-refractivity contribution in [1.82, 2.24) is 9.88 Å². The van der Waals surface area contributed by atoms with Crippen LogP contribution in [0.4, 0.5) is 0 Å². The minimum atomic E-state index is -2.99. The maximum absolute atomic E-state index is 11.8. The molecular weight excluding hydrogens is 368 g/mol. The van der Waals surface area contributed by atoms with E-state index in [1.54, 1.807) is 7.11 Å². The molecule has 0 aliphatic carbocycles. The maximum atomic E-state index is 11.8. The van der Waals surface area contributed by atoms with Crippen LogP contribution < -0.4 is 4.74 Å². The maximum Gasteiger partial charge on any atom is 0.226 e. The summed E-state index contributed by atoms with van der Waals surface area (Å²) < 4.78 is 34.8. The highest BCUT2D eigenvalue weighted by Crippen LogP contribution is 2.28. The monoisotopic (exact) mass is 394 g/mol. The van der Waals surface area contributed by atoms with Crippen LogP contribution in [0, 0.1) is 13.8 Å². The molecule has 2 aromatic rings. The van der Waals surface area contributed by atoms with Gasteiger partial charge in [0.15, 0.2) is 9.84 Å². The van der Waals surface area contributed by atoms with Gasteiger partial charge in [0.05, 0.1) is 30.9 Å². The van der Waals surface area contributed by atoms with Gasteiger partial charge in [0.1, 0.15) is 11.5 Å². The molecule has 1 aromatic carbocycles. The van der Waals surface area contributed by atoms with Gasteiger partial charge in [-0.05, 0) is 44.0 Å². The smallest absolute Gasteiger partial charge is 0.226 e. The van der Waals surface area contributed by atoms with Gasteiger partial charge in [-0.2, -0.15) is 0 Å². The van der Waals surface area contributed by atoms with Gasteiger partial charge in [0.2, 0.25) is 5.89 Å². The van der Waals surface area contributed by atoms with Crippen molar-refractivity contribution in [1.29, 1.82) is 0 Å². The lowest BCUT2D eigenvalue weighted by molar-refractivity contribution is 0.152. The molecule has 2 heterocycles. The van der Waals surface area contributed by atoms with Crippen molar-refractivity contribution in [3.8, 4) is 17.2 Å². The Kier molecular flexibility index (Phi) is 5.88. The Morgan fingerprint density at radius 2 is 2.15 bits per heavy atom. The van der Waals surface area contributed by atoms with Crippen molar-refractivity contribution < 1.29 is 22.7 Å². The number of methoxy groups -OCH3 is 1. The molecule has 27 heavy (non-hydrogen) atoms. The van der Waals surface area contributed by atoms with Crippen LogP contribution in [0.3, 0.4) is 0 Å². The number of oxazole rings is 1. The molecular formula is C19H26N2O5S. The number of aliphatic hydroxyl groups excluding tert-OH is 1. The highest BCUT2D eigenvalue weighted by Gasteiger charge is 2.32. The number of ether oxygens (including phenoxy) is 1. The number of aliphatic hydroxyl groups is 1. The van der Waals surface area contributed by atoms with Crippen molar-refractivity contribution in [3.63, 3.8) is 0 Å². The second-order valence-corrected chi connectivity index (χ2v) is 9.19. The summed E-state index contributed by atoms with van der Waals surface area (Å²) in [4.78, 5) is 6.61. The summed E-state index contributed by atoms with van der Waals surface area (Å²) in [7, 11) is -1.36. The number of hydrogen-bond donors (Lipinski definition) is 1. The van der Waals surface area contributed by atoms with E-state index in [1.807, 2.05) is 36.9 Å². The van der Waals surface area contributed by atoms with Crippen molar-refractivity contribution in [2.24, 2.45) is 0 Å². The van der Waals surface area contributed by atoms with Crippen molar-refractivity contribution in [2.45, 2.75) is 32.9 Å². The van der Waals surface area contributed by atoms with Crippen molar-refractivity contribution in [3.05, 3.63) is 35.2 Å². The highest BCUT2D eigenvalue weighted by atomic mass is 32.2. The molecule has 1 atom stereocenters. The fraction of sp³-hybridized carbons (Fsp3) is 0.526. The summed E-state index contributed by atoms with van der Waals surface area (Å²) in [6.07, 6.45) is 0.587. The van der Waals surface area contributed by atoms with Gasteiger partial charge in [-0.1, -0.05) is 0 Å². The first-order valence-corrected chi connectivity index (χ1v) is 10.8. The Labute approximate surface area is 159 Å². The standard InChI is InChI=1S/C19H26N2O5S/c1-13-10-15(4-5-18(13)25-3)19-20-17(14(2)26-19)11-21(7-8-22)16-6-9-27(23,24)12-16/h4-5,10,16,22H,6-9,11-12H2,1-3H3/t16-/m0/s1. The third-order valence-electron chi connectivity index (χ3n) is 5.00. The van der Waals surface area contributed by atoms with Gasteiger partial charge >= 0.3 is 0 Å². The SMILES string of the molecule is COc1ccc(-c2nc(CN(CCO)[C@H]3CCS(=O)(=O)C3)c(C)o2)cc1C. The molecule has 3 rings (SSSR count). The number of sulfone groups is 1. The van der Waals surface area contributed by atoms with Gasteiger partial charge in [-0.25, -0.2) is 13.4 Å². The predicted octanol–water partition coefficient (Wildman–Crippen LogP) is 1.95. The van der Waals surface area contributed by atoms with Crippen LogP contribution in [0.1, 0.15) is 23.4 Å². The van der Waals surface area contributed by atoms with E-state index in [0.29, 0.717) is 31.2 Å². The largest absolute Gasteiger partial charge is 0.496 e. The fourth-order valence-electron chi connectivity index (χ4n) is 3.48. The third kappa shape index (κ3) is 4.51. The fourth-order valence-corrected chi connectivity index (χ4v) is 5.25. The lowest BCUT2D eigenvalue weighted by Crippen LogP contribution is -2.38. The average molecular weight is 394 g/mol. The van der Waals surface area contributed by atoms with Crippen LogP contribution in [0.5, 0.6) is 5.75 Å². The quantitative estimate of drug-likeness (QED) is 0.767. The van der Waals surface area contributed by atoms with Gasteiger partial charge in [-0.3, -0.25) is 4.90 Å². The molecule has 1 N–H and O–H groups in total. The number of aryl methyl sites for hydroxylation is 2. The zero-order valence-corrected chi connectivity index (χ0v) is 16.8. The second-order valence-electron chi connectivity index (χ2n) is 6.96. The molecule has 0 unspecified atom stereocenters. The van der Waals surface area contributed by atoms with Gasteiger partial charge in [0.25, 0.3) is 0 Å². The van der Waals surface area contributed by atoms with E-state index in [9.17, 15) is 13.5 Å². The molecule has 0 amide bonds. The second kappa shape index (κ2) is 8.00. The zero-order chi connectivity index (χ0) is 19.6. The molecule has 1 aliphatic rings. The minimum Gasteiger partial charge on any atom is -0.496 e. The topological polar surface area (TPSA) is 92.9 Å². The van der Waals surface area contributed by atoms with E-state index in [1.165, 1.54) is 0 Å². The number of rotatable bonds is 7. The molecule has 1 aliphatic heterocycles. The van der Waals surface area contributed by atoms with Gasteiger partial charge in [0, 0.05) is 24.7 Å². The molecule has 0 bridgehead atoms. The summed E-state index contributed by atoms with van der Waals surface area (Å²) in [5.74, 6) is 2.36. The summed E-state index contributed by atoms with van der Waals surface area (Å²) >= 11 is 0. The van der Waals surface area contributed by atoms with E-state index in [4.69, 9.17) is 9.15 Å². The summed E-state index contributed by atoms with van der Waals surface area (Å²) in [5.41, 5.74) is 2.61. The Balaban J connectivity index is 1.81. The van der Waals surface area contributed by atoms with E-state index >= 15 is 0 Å². The summed E-state index contributed by atoms with van der Waals surface area (Å²) in [6.45, 7) is 4.64. The van der Waals surface area contributed by atoms with Crippen LogP contribution in [0.15, 0.2) is 22.6 Å². The highest BCUT2D eigenvalue weighted by molar-refractivity contribution is 7.91. The summed E-state index contributed by atoms with van der Waals surface area (Å²) in [6, 6.07) is 5.65. The van der Waals surface area contributed by atoms with E-state index < -0.39 is 9.84 Å². The number of nitrogens with zero attached hydrogens (tertiary/aromatic N) is 2. The number of benzene rings is 1. The average Bonchev–Trinajstić information content (AvgIpc) is 3.17. The van der Waals surface area contributed by atoms with E-state index in [-0.39, 0.29) is 24.2 Å². The Hall–Kier alpha value is -1.90. The van der Waals surface area contributed by atoms with Crippen LogP contribution in [0.25, 0.3) is 11.5 Å². The normalized spacial score (nSPS) is 18.9. The van der Waals surface area contributed by atoms with Gasteiger partial charge < -0.3 is 14.3 Å². The molecule has 1 saturated heterocycles. The first-order valence-electron chi connectivity index (χ1n) is 8.99. The zero-order valence-electron chi connectivity index (χ0n) is 15.9. The van der Waals surface area contributed by atoms with Crippen LogP contribution in [0.2, 0.25) is 0 Å². The molecule has 148 valence electrons. The van der Waals surface area contributed by atoms with Crippen LogP contribution >= 0.6 is 0 Å². The Morgan fingerprint density at radius 1 is 1.37 bits per heavy atom. The number of aromatic nitrogens is 1. The first-order chi connectivity index (χ1) is 12.8. The number of hydrogen-bond acceptors (Lipinski definition) is 7. The molecule has 0 spiro atoms. The van der Waals surface area contributed by atoms with Crippen molar-refractivity contribution >= 4 is 9.84 Å². The van der Waals surface area contributed by atoms with Gasteiger partial charge in [-0.15, -0.1) is 0 Å². The molecule has 8 heteroatoms. The van der Waals surface area contributed by atoms with E-state index in [0.717, 1.165) is 22.6 Å². The Morgan fingerprint density at radius 3 is 2.74 bits per heavy atom. The van der Waals surface area contributed by atoms with Crippen LogP contribution in [-0.2, 0) is 16.4 Å². The molecule has 0 saturated carbocycles. The molecule has 0 radical (unpaired) electrons. The predicted molar refractivity (Wildman–Crippen MR) is 103 cm³/mol. The molecule has 1 aromatic heterocycles. The minimum absolute atomic E-state index is 0.0298. The lowest BCUT2D eigenvalue weighted by atomic mass is 10.1. The lowest BCUT2D eigenvalue weighted by Gasteiger charge is -2.26. The summed E-state index contributed by atoms with van der Waals surface area (Å²) in [5, 5.41) is 9.39. The van der Waals surface area contributed by atoms with Crippen LogP contribution in [-0.4, -0.2) is 61.2 Å². The van der Waals surface area contributed by atoms with E-state index in [2.05, 4.69) is 4.98 Å². The Bertz CT molecular complexity index is 907. The van der Waals surface area contributed by atoms with Crippen molar-refractivity contribution in [2.75, 3.05) is 31.8 Å². The molecule has 7 nitrogen and oxygen atoms in total. The molecule has 1 fully saturated rings. The third-order valence-corrected chi connectivity index (χ3v) is 6.75. The first kappa shape index (κ1) is 19.9.